The molecule has 0 aliphatic carbocycles. The fourth-order valence-electron chi connectivity index (χ4n) is 3.53. The highest BCUT2D eigenvalue weighted by molar-refractivity contribution is 5.93. The van der Waals surface area contributed by atoms with Crippen LogP contribution in [0.3, 0.4) is 0 Å². The summed E-state index contributed by atoms with van der Waals surface area (Å²) in [5, 5.41) is 0. The molecule has 0 fully saturated rings. The fourth-order valence-corrected chi connectivity index (χ4v) is 3.53. The maximum absolute atomic E-state index is 13.1. The summed E-state index contributed by atoms with van der Waals surface area (Å²) in [6, 6.07) is 13.6. The van der Waals surface area contributed by atoms with E-state index in [1.807, 2.05) is 54.4 Å². The van der Waals surface area contributed by atoms with Crippen LogP contribution in [0, 0.1) is 0 Å². The Balaban J connectivity index is 1.79. The number of carbonyl (C=O) groups excluding carboxylic acids is 1. The number of nitrogens with one attached hydrogen (secondary N) is 1. The van der Waals surface area contributed by atoms with Crippen LogP contribution < -0.4 is 4.74 Å². The van der Waals surface area contributed by atoms with Crippen molar-refractivity contribution in [3.8, 4) is 5.75 Å². The topological polar surface area (TPSA) is 58.2 Å². The Labute approximate surface area is 152 Å². The molecule has 1 aliphatic heterocycles. The first-order valence-corrected chi connectivity index (χ1v) is 8.88. The summed E-state index contributed by atoms with van der Waals surface area (Å²) in [5.74, 6) is 0.917. The summed E-state index contributed by atoms with van der Waals surface area (Å²) in [6.07, 6.45) is 6.26. The average Bonchev–Trinajstić information content (AvgIpc) is 3.37. The summed E-state index contributed by atoms with van der Waals surface area (Å²) >= 11 is 0. The van der Waals surface area contributed by atoms with Gasteiger partial charge in [0.2, 0.25) is 0 Å². The first-order valence-electron chi connectivity index (χ1n) is 8.88. The summed E-state index contributed by atoms with van der Waals surface area (Å²) in [6.45, 7) is 3.31. The molecule has 1 atom stereocenters. The molecule has 0 radical (unpaired) electrons. The van der Waals surface area contributed by atoms with E-state index in [1.54, 1.807) is 12.4 Å². The minimum absolute atomic E-state index is 0.0249. The van der Waals surface area contributed by atoms with Gasteiger partial charge < -0.3 is 14.6 Å². The number of aromatic nitrogens is 2. The Bertz CT molecular complexity index is 891. The van der Waals surface area contributed by atoms with E-state index in [4.69, 9.17) is 4.74 Å². The molecule has 0 spiro atoms. The van der Waals surface area contributed by atoms with Crippen molar-refractivity contribution >= 4 is 5.91 Å². The van der Waals surface area contributed by atoms with Gasteiger partial charge in [-0.05, 0) is 53.9 Å². The van der Waals surface area contributed by atoms with E-state index in [9.17, 15) is 4.79 Å². The lowest BCUT2D eigenvalue weighted by molar-refractivity contribution is 0.0711. The van der Waals surface area contributed by atoms with Crippen molar-refractivity contribution < 1.29 is 9.53 Å². The van der Waals surface area contributed by atoms with E-state index in [1.165, 1.54) is 5.56 Å². The summed E-state index contributed by atoms with van der Waals surface area (Å²) in [5.41, 5.74) is 3.85. The highest BCUT2D eigenvalue weighted by Gasteiger charge is 2.28. The molecule has 4 rings (SSSR count). The third-order valence-electron chi connectivity index (χ3n) is 4.77. The SMILES string of the molecule is CCN(C(=O)c1ccc[nH]1)C(c1cccnc1)c1ccc2c(c1)CCO2. The molecule has 5 heteroatoms. The van der Waals surface area contributed by atoms with Crippen LogP contribution in [-0.4, -0.2) is 33.9 Å². The molecule has 1 N–H and O–H groups in total. The fraction of sp³-hybridized carbons (Fsp3) is 0.238. The molecular formula is C21H21N3O2. The molecule has 2 aromatic heterocycles. The van der Waals surface area contributed by atoms with E-state index in [2.05, 4.69) is 16.0 Å². The van der Waals surface area contributed by atoms with Crippen LogP contribution in [0.5, 0.6) is 5.75 Å². The monoisotopic (exact) mass is 347 g/mol. The second-order valence-electron chi connectivity index (χ2n) is 6.33. The Morgan fingerprint density at radius 3 is 2.92 bits per heavy atom. The summed E-state index contributed by atoms with van der Waals surface area (Å²) in [7, 11) is 0. The van der Waals surface area contributed by atoms with Gasteiger partial charge in [-0.2, -0.15) is 0 Å². The smallest absolute Gasteiger partial charge is 0.271 e. The zero-order valence-electron chi connectivity index (χ0n) is 14.7. The number of rotatable bonds is 5. The Hall–Kier alpha value is -3.08. The van der Waals surface area contributed by atoms with E-state index in [0.717, 1.165) is 29.9 Å². The van der Waals surface area contributed by atoms with Crippen molar-refractivity contribution in [1.29, 1.82) is 0 Å². The first kappa shape index (κ1) is 16.4. The van der Waals surface area contributed by atoms with E-state index < -0.39 is 0 Å². The quantitative estimate of drug-likeness (QED) is 0.767. The zero-order valence-corrected chi connectivity index (χ0v) is 14.7. The number of ether oxygens (including phenoxy) is 1. The van der Waals surface area contributed by atoms with Gasteiger partial charge in [-0.25, -0.2) is 0 Å². The van der Waals surface area contributed by atoms with E-state index in [0.29, 0.717) is 12.2 Å². The van der Waals surface area contributed by atoms with Crippen LogP contribution in [0.25, 0.3) is 0 Å². The highest BCUT2D eigenvalue weighted by atomic mass is 16.5. The molecule has 26 heavy (non-hydrogen) atoms. The van der Waals surface area contributed by atoms with Crippen molar-refractivity contribution in [2.45, 2.75) is 19.4 Å². The molecule has 3 aromatic rings. The van der Waals surface area contributed by atoms with Crippen molar-refractivity contribution in [2.24, 2.45) is 0 Å². The van der Waals surface area contributed by atoms with Gasteiger partial charge in [0, 0.05) is 31.6 Å². The minimum atomic E-state index is -0.199. The molecule has 1 unspecified atom stereocenters. The van der Waals surface area contributed by atoms with Crippen LogP contribution >= 0.6 is 0 Å². The zero-order chi connectivity index (χ0) is 17.9. The number of benzene rings is 1. The molecule has 0 bridgehead atoms. The summed E-state index contributed by atoms with van der Waals surface area (Å²) in [4.78, 5) is 22.3. The average molecular weight is 347 g/mol. The van der Waals surface area contributed by atoms with Crippen LogP contribution in [0.2, 0.25) is 0 Å². The maximum Gasteiger partial charge on any atom is 0.271 e. The van der Waals surface area contributed by atoms with Gasteiger partial charge in [0.25, 0.3) is 5.91 Å². The molecule has 1 aliphatic rings. The lowest BCUT2D eigenvalue weighted by Gasteiger charge is -2.31. The van der Waals surface area contributed by atoms with E-state index in [-0.39, 0.29) is 11.9 Å². The minimum Gasteiger partial charge on any atom is -0.493 e. The largest absolute Gasteiger partial charge is 0.493 e. The molecule has 132 valence electrons. The van der Waals surface area contributed by atoms with Gasteiger partial charge in [0.05, 0.1) is 12.6 Å². The number of fused-ring (bicyclic) bond motifs is 1. The van der Waals surface area contributed by atoms with Crippen LogP contribution in [0.4, 0.5) is 0 Å². The molecule has 1 aromatic carbocycles. The lowest BCUT2D eigenvalue weighted by atomic mass is 9.95. The van der Waals surface area contributed by atoms with Crippen LogP contribution in [0.1, 0.15) is 40.1 Å². The second kappa shape index (κ2) is 7.04. The lowest BCUT2D eigenvalue weighted by Crippen LogP contribution is -2.35. The van der Waals surface area contributed by atoms with Crippen LogP contribution in [0.15, 0.2) is 61.1 Å². The molecule has 3 heterocycles. The molecule has 5 nitrogen and oxygen atoms in total. The van der Waals surface area contributed by atoms with E-state index >= 15 is 0 Å². The van der Waals surface area contributed by atoms with Crippen LogP contribution in [-0.2, 0) is 6.42 Å². The Kier molecular flexibility index (Phi) is 4.44. The maximum atomic E-state index is 13.1. The van der Waals surface area contributed by atoms with Gasteiger partial charge in [-0.15, -0.1) is 0 Å². The van der Waals surface area contributed by atoms with Gasteiger partial charge in [-0.1, -0.05) is 12.1 Å². The number of aromatic amines is 1. The summed E-state index contributed by atoms with van der Waals surface area (Å²) < 4.78 is 5.63. The van der Waals surface area contributed by atoms with Crippen molar-refractivity contribution in [3.05, 3.63) is 83.4 Å². The van der Waals surface area contributed by atoms with Gasteiger partial charge >= 0.3 is 0 Å². The number of amides is 1. The van der Waals surface area contributed by atoms with Crippen molar-refractivity contribution in [2.75, 3.05) is 13.2 Å². The number of hydrogen-bond donors (Lipinski definition) is 1. The number of carbonyl (C=O) groups is 1. The number of H-pyrrole nitrogens is 1. The van der Waals surface area contributed by atoms with Crippen molar-refractivity contribution in [1.82, 2.24) is 14.9 Å². The number of pyridine rings is 1. The number of hydrogen-bond acceptors (Lipinski definition) is 3. The van der Waals surface area contributed by atoms with Gasteiger partial charge in [0.15, 0.2) is 0 Å². The standard InChI is InChI=1S/C21H21N3O2/c1-2-24(21(25)18-6-4-11-23-18)20(17-5-3-10-22-14-17)16-7-8-19-15(13-16)9-12-26-19/h3-8,10-11,13-14,20,23H,2,9,12H2,1H3. The molecule has 0 saturated heterocycles. The first-order chi connectivity index (χ1) is 12.8. The predicted octanol–water partition coefficient (Wildman–Crippen LogP) is 3.60. The van der Waals surface area contributed by atoms with Crippen molar-refractivity contribution in [3.63, 3.8) is 0 Å². The predicted molar refractivity (Wildman–Crippen MR) is 99.2 cm³/mol. The molecule has 1 amide bonds. The molecular weight excluding hydrogens is 326 g/mol. The Morgan fingerprint density at radius 2 is 2.19 bits per heavy atom. The third-order valence-corrected chi connectivity index (χ3v) is 4.77. The highest BCUT2D eigenvalue weighted by Crippen LogP contribution is 2.34. The number of nitrogens with zero attached hydrogens (tertiary/aromatic N) is 2. The van der Waals surface area contributed by atoms with Gasteiger partial charge in [-0.3, -0.25) is 9.78 Å². The Morgan fingerprint density at radius 1 is 1.27 bits per heavy atom. The third kappa shape index (κ3) is 2.96. The second-order valence-corrected chi connectivity index (χ2v) is 6.33. The molecule has 0 saturated carbocycles. The normalized spacial score (nSPS) is 13.7. The van der Waals surface area contributed by atoms with Gasteiger partial charge in [0.1, 0.15) is 11.4 Å².